The molecule has 4 N–H and O–H groups in total. The monoisotopic (exact) mass is 363 g/mol. The Morgan fingerprint density at radius 2 is 2.24 bits per heavy atom. The summed E-state index contributed by atoms with van der Waals surface area (Å²) >= 11 is 6.02. The van der Waals surface area contributed by atoms with Crippen LogP contribution >= 0.6 is 11.6 Å². The number of pyridine rings is 1. The van der Waals surface area contributed by atoms with Crippen molar-refractivity contribution in [2.24, 2.45) is 0 Å². The van der Waals surface area contributed by atoms with E-state index in [2.05, 4.69) is 15.5 Å². The third kappa shape index (κ3) is 2.85. The van der Waals surface area contributed by atoms with E-state index in [9.17, 15) is 14.4 Å². The number of fused-ring (bicyclic) bond motifs is 1. The molecule has 0 bridgehead atoms. The van der Waals surface area contributed by atoms with Crippen molar-refractivity contribution in [2.75, 3.05) is 12.3 Å². The van der Waals surface area contributed by atoms with Crippen molar-refractivity contribution in [3.63, 3.8) is 0 Å². The summed E-state index contributed by atoms with van der Waals surface area (Å²) in [7, 11) is 0. The molecular weight excluding hydrogens is 349 g/mol. The van der Waals surface area contributed by atoms with Crippen LogP contribution in [-0.4, -0.2) is 22.6 Å². The predicted octanol–water partition coefficient (Wildman–Crippen LogP) is 2.38. The van der Waals surface area contributed by atoms with E-state index in [0.717, 1.165) is 6.20 Å². The summed E-state index contributed by atoms with van der Waals surface area (Å²) in [5.74, 6) is -1.18. The highest BCUT2D eigenvalue weighted by atomic mass is 35.5. The number of amides is 1. The second-order valence-corrected chi connectivity index (χ2v) is 5.86. The molecular formula is C16H15ClFN5O2. The lowest BCUT2D eigenvalue weighted by Crippen LogP contribution is -2.40. The Hall–Kier alpha value is -2.87. The Balaban J connectivity index is 2.27. The molecule has 130 valence electrons. The highest BCUT2D eigenvalue weighted by Crippen LogP contribution is 2.35. The molecule has 25 heavy (non-hydrogen) atoms. The third-order valence-electron chi connectivity index (χ3n) is 3.80. The number of benzene rings is 1. The second-order valence-electron chi connectivity index (χ2n) is 5.45. The molecule has 9 heteroatoms. The molecule has 0 atom stereocenters. The van der Waals surface area contributed by atoms with Crippen LogP contribution in [0.4, 0.5) is 10.1 Å². The van der Waals surface area contributed by atoms with E-state index in [1.54, 1.807) is 0 Å². The molecule has 0 spiro atoms. The fourth-order valence-electron chi connectivity index (χ4n) is 2.64. The molecule has 2 heterocycles. The van der Waals surface area contributed by atoms with Crippen LogP contribution in [0, 0.1) is 11.0 Å². The molecule has 0 aliphatic rings. The first-order valence-electron chi connectivity index (χ1n) is 7.57. The number of H-pyrrole nitrogens is 1. The smallest absolute Gasteiger partial charge is 0.319 e. The standard InChI is InChI=1S/C16H15ClFN5O2/c1-2-5-20-16(24)15-13(19)8-3-4-11(18)12(9(8)7-23(15)25)14-10(17)6-21-22-14/h3-4,6-7H,2,5,19H2,1H3,(H,20,24)(H,21,22). The molecule has 3 aromatic rings. The molecule has 0 radical (unpaired) electrons. The Bertz CT molecular complexity index is 973. The zero-order chi connectivity index (χ0) is 18.1. The maximum Gasteiger partial charge on any atom is 0.319 e. The summed E-state index contributed by atoms with van der Waals surface area (Å²) in [5.41, 5.74) is 6.08. The Labute approximate surface area is 147 Å². The van der Waals surface area contributed by atoms with Crippen molar-refractivity contribution in [3.05, 3.63) is 46.3 Å². The van der Waals surface area contributed by atoms with Gasteiger partial charge in [-0.15, -0.1) is 0 Å². The largest absolute Gasteiger partial charge is 0.618 e. The summed E-state index contributed by atoms with van der Waals surface area (Å²) in [6.45, 7) is 2.30. The Morgan fingerprint density at radius 3 is 2.88 bits per heavy atom. The van der Waals surface area contributed by atoms with Gasteiger partial charge in [0.15, 0.2) is 6.20 Å². The highest BCUT2D eigenvalue weighted by molar-refractivity contribution is 6.33. The van der Waals surface area contributed by atoms with E-state index in [0.29, 0.717) is 23.1 Å². The number of hydrogen-bond acceptors (Lipinski definition) is 4. The SMILES string of the molecule is CCCNC(=O)c1c(N)c2ccc(F)c(-c3[nH]ncc3Cl)c2c[n+]1[O-]. The first kappa shape index (κ1) is 17.0. The quantitative estimate of drug-likeness (QED) is 0.488. The fourth-order valence-corrected chi connectivity index (χ4v) is 2.82. The third-order valence-corrected chi connectivity index (χ3v) is 4.09. The van der Waals surface area contributed by atoms with Crippen molar-refractivity contribution < 1.29 is 13.9 Å². The highest BCUT2D eigenvalue weighted by Gasteiger charge is 2.26. The van der Waals surface area contributed by atoms with Gasteiger partial charge in [0.25, 0.3) is 0 Å². The molecule has 3 rings (SSSR count). The van der Waals surface area contributed by atoms with Gasteiger partial charge in [0.1, 0.15) is 11.5 Å². The maximum atomic E-state index is 14.4. The Kier molecular flexibility index (Phi) is 4.45. The average Bonchev–Trinajstić information content (AvgIpc) is 2.98. The number of nitrogen functional groups attached to an aromatic ring is 1. The van der Waals surface area contributed by atoms with Crippen LogP contribution in [0.5, 0.6) is 0 Å². The minimum Gasteiger partial charge on any atom is -0.618 e. The molecule has 0 saturated carbocycles. The van der Waals surface area contributed by atoms with Crippen molar-refractivity contribution in [1.29, 1.82) is 0 Å². The molecule has 7 nitrogen and oxygen atoms in total. The van der Waals surface area contributed by atoms with E-state index in [1.165, 1.54) is 18.3 Å². The number of nitrogens with zero attached hydrogens (tertiary/aromatic N) is 2. The van der Waals surface area contributed by atoms with Gasteiger partial charge in [0.2, 0.25) is 0 Å². The van der Waals surface area contributed by atoms with Gasteiger partial charge in [-0.25, -0.2) is 4.39 Å². The van der Waals surface area contributed by atoms with E-state index in [4.69, 9.17) is 17.3 Å². The number of anilines is 1. The van der Waals surface area contributed by atoms with E-state index in [1.807, 2.05) is 6.92 Å². The van der Waals surface area contributed by atoms with Gasteiger partial charge in [-0.05, 0) is 18.6 Å². The zero-order valence-electron chi connectivity index (χ0n) is 13.3. The van der Waals surface area contributed by atoms with E-state index in [-0.39, 0.29) is 33.0 Å². The van der Waals surface area contributed by atoms with Gasteiger partial charge in [0.05, 0.1) is 27.9 Å². The van der Waals surface area contributed by atoms with Crippen molar-refractivity contribution in [2.45, 2.75) is 13.3 Å². The van der Waals surface area contributed by atoms with Gasteiger partial charge in [-0.3, -0.25) is 9.89 Å². The minimum absolute atomic E-state index is 0.0296. The zero-order valence-corrected chi connectivity index (χ0v) is 14.0. The molecule has 0 unspecified atom stereocenters. The number of aromatic amines is 1. The first-order chi connectivity index (χ1) is 12.0. The van der Waals surface area contributed by atoms with Gasteiger partial charge >= 0.3 is 11.6 Å². The number of rotatable bonds is 4. The van der Waals surface area contributed by atoms with Crippen LogP contribution in [0.3, 0.4) is 0 Å². The molecule has 0 saturated heterocycles. The fraction of sp³-hybridized carbons (Fsp3) is 0.188. The number of nitrogens with one attached hydrogen (secondary N) is 2. The second kappa shape index (κ2) is 6.56. The summed E-state index contributed by atoms with van der Waals surface area (Å²) in [6.07, 6.45) is 3.16. The van der Waals surface area contributed by atoms with Crippen LogP contribution < -0.4 is 15.8 Å². The average molecular weight is 364 g/mol. The van der Waals surface area contributed by atoms with Gasteiger partial charge in [-0.2, -0.15) is 9.83 Å². The number of nitrogens with two attached hydrogens (primary N) is 1. The van der Waals surface area contributed by atoms with E-state index < -0.39 is 11.7 Å². The van der Waals surface area contributed by atoms with Crippen molar-refractivity contribution in [3.8, 4) is 11.3 Å². The van der Waals surface area contributed by atoms with Crippen molar-refractivity contribution >= 4 is 34.0 Å². The summed E-state index contributed by atoms with van der Waals surface area (Å²) in [6, 6.07) is 2.62. The van der Waals surface area contributed by atoms with Gasteiger partial charge < -0.3 is 16.3 Å². The van der Waals surface area contributed by atoms with Crippen LogP contribution in [0.1, 0.15) is 23.8 Å². The van der Waals surface area contributed by atoms with Crippen LogP contribution in [0.25, 0.3) is 22.0 Å². The lowest BCUT2D eigenvalue weighted by atomic mass is 10.0. The topological polar surface area (TPSA) is 111 Å². The first-order valence-corrected chi connectivity index (χ1v) is 7.94. The minimum atomic E-state index is -0.596. The summed E-state index contributed by atoms with van der Waals surface area (Å²) < 4.78 is 14.8. The van der Waals surface area contributed by atoms with Crippen molar-refractivity contribution in [1.82, 2.24) is 15.5 Å². The van der Waals surface area contributed by atoms with Crippen LogP contribution in [0.2, 0.25) is 5.02 Å². The predicted molar refractivity (Wildman–Crippen MR) is 92.5 cm³/mol. The summed E-state index contributed by atoms with van der Waals surface area (Å²) in [5, 5.41) is 22.1. The summed E-state index contributed by atoms with van der Waals surface area (Å²) in [4.78, 5) is 12.2. The maximum absolute atomic E-state index is 14.4. The van der Waals surface area contributed by atoms with E-state index >= 15 is 0 Å². The number of carbonyl (C=O) groups is 1. The molecule has 0 aliphatic carbocycles. The number of aromatic nitrogens is 3. The lowest BCUT2D eigenvalue weighted by Gasteiger charge is -2.12. The number of carbonyl (C=O) groups excluding carboxylic acids is 1. The number of halogens is 2. The van der Waals surface area contributed by atoms with Gasteiger partial charge in [-0.1, -0.05) is 18.5 Å². The molecule has 1 amide bonds. The van der Waals surface area contributed by atoms with Gasteiger partial charge in [0, 0.05) is 11.9 Å². The normalized spacial score (nSPS) is 11.0. The van der Waals surface area contributed by atoms with Crippen LogP contribution in [0.15, 0.2) is 24.5 Å². The lowest BCUT2D eigenvalue weighted by molar-refractivity contribution is -0.605. The van der Waals surface area contributed by atoms with Crippen LogP contribution in [-0.2, 0) is 0 Å². The Morgan fingerprint density at radius 1 is 1.48 bits per heavy atom. The molecule has 2 aromatic heterocycles. The molecule has 0 aliphatic heterocycles. The number of hydrogen-bond donors (Lipinski definition) is 3. The molecule has 0 fully saturated rings. The molecule has 1 aromatic carbocycles.